The van der Waals surface area contributed by atoms with Crippen LogP contribution in [0.25, 0.3) is 0 Å². The third kappa shape index (κ3) is 5.40. The van der Waals surface area contributed by atoms with Crippen molar-refractivity contribution in [1.29, 1.82) is 0 Å². The molecule has 0 bridgehead atoms. The molecule has 0 spiro atoms. The molecule has 1 aliphatic carbocycles. The number of esters is 1. The zero-order chi connectivity index (χ0) is 19.4. The number of ketones is 1. The molecule has 144 valence electrons. The van der Waals surface area contributed by atoms with Crippen LogP contribution in [0.3, 0.4) is 0 Å². The van der Waals surface area contributed by atoms with Gasteiger partial charge in [-0.05, 0) is 61.6 Å². The Kier molecular flexibility index (Phi) is 5.96. The molecule has 0 amide bonds. The summed E-state index contributed by atoms with van der Waals surface area (Å²) in [4.78, 5) is 26.3. The normalized spacial score (nSPS) is 14.1. The van der Waals surface area contributed by atoms with Crippen LogP contribution in [-0.4, -0.2) is 33.0 Å². The summed E-state index contributed by atoms with van der Waals surface area (Å²) in [6.45, 7) is -0.347. The first kappa shape index (κ1) is 19.6. The van der Waals surface area contributed by atoms with Crippen LogP contribution in [0, 0.1) is 0 Å². The lowest BCUT2D eigenvalue weighted by atomic mass is 10.1. The number of benzene rings is 1. The molecule has 1 N–H and O–H groups in total. The molecular formula is C19H21NO5S2. The Morgan fingerprint density at radius 3 is 2.52 bits per heavy atom. The summed E-state index contributed by atoms with van der Waals surface area (Å²) in [5, 5.41) is 0. The minimum atomic E-state index is -3.37. The maximum Gasteiger partial charge on any atom is 0.348 e. The Labute approximate surface area is 162 Å². The maximum atomic E-state index is 12.3. The molecule has 1 heterocycles. The first-order chi connectivity index (χ1) is 12.8. The highest BCUT2D eigenvalue weighted by Crippen LogP contribution is 2.29. The molecule has 27 heavy (non-hydrogen) atoms. The van der Waals surface area contributed by atoms with Crippen molar-refractivity contribution in [1.82, 2.24) is 0 Å². The van der Waals surface area contributed by atoms with Crippen molar-refractivity contribution in [3.05, 3.63) is 51.2 Å². The van der Waals surface area contributed by atoms with E-state index in [1.807, 2.05) is 6.07 Å². The van der Waals surface area contributed by atoms with E-state index >= 15 is 0 Å². The van der Waals surface area contributed by atoms with Crippen LogP contribution in [0.15, 0.2) is 30.3 Å². The molecule has 0 atom stereocenters. The van der Waals surface area contributed by atoms with Gasteiger partial charge in [-0.2, -0.15) is 0 Å². The van der Waals surface area contributed by atoms with Gasteiger partial charge in [0.25, 0.3) is 0 Å². The summed E-state index contributed by atoms with van der Waals surface area (Å²) in [7, 11) is -3.37. The second kappa shape index (κ2) is 8.22. The third-order valence-electron chi connectivity index (χ3n) is 4.29. The fourth-order valence-electron chi connectivity index (χ4n) is 2.99. The van der Waals surface area contributed by atoms with Crippen LogP contribution in [0.2, 0.25) is 0 Å². The lowest BCUT2D eigenvalue weighted by Gasteiger charge is -2.06. The number of hydrogen-bond donors (Lipinski definition) is 1. The lowest BCUT2D eigenvalue weighted by molar-refractivity contribution is 0.0479. The number of nitrogens with one attached hydrogen (secondary N) is 1. The lowest BCUT2D eigenvalue weighted by Crippen LogP contribution is -2.14. The van der Waals surface area contributed by atoms with Gasteiger partial charge in [0.15, 0.2) is 12.4 Å². The zero-order valence-corrected chi connectivity index (χ0v) is 16.6. The van der Waals surface area contributed by atoms with E-state index in [9.17, 15) is 18.0 Å². The highest BCUT2D eigenvalue weighted by molar-refractivity contribution is 7.92. The summed E-state index contributed by atoms with van der Waals surface area (Å²) in [6, 6.07) is 7.87. The van der Waals surface area contributed by atoms with Crippen LogP contribution in [0.1, 0.15) is 49.7 Å². The molecular weight excluding hydrogens is 386 g/mol. The monoisotopic (exact) mass is 407 g/mol. The predicted molar refractivity (Wildman–Crippen MR) is 105 cm³/mol. The van der Waals surface area contributed by atoms with E-state index in [0.717, 1.165) is 31.9 Å². The Hall–Kier alpha value is -2.19. The molecule has 1 aromatic carbocycles. The van der Waals surface area contributed by atoms with Crippen LogP contribution in [0.4, 0.5) is 5.69 Å². The first-order valence-corrected chi connectivity index (χ1v) is 11.4. The van der Waals surface area contributed by atoms with Crippen molar-refractivity contribution in [2.45, 2.75) is 32.1 Å². The fourth-order valence-corrected chi connectivity index (χ4v) is 4.70. The molecule has 6 nitrogen and oxygen atoms in total. The highest BCUT2D eigenvalue weighted by Gasteiger charge is 2.18. The van der Waals surface area contributed by atoms with Crippen LogP contribution >= 0.6 is 11.3 Å². The highest BCUT2D eigenvalue weighted by atomic mass is 32.2. The van der Waals surface area contributed by atoms with E-state index in [-0.39, 0.29) is 12.4 Å². The van der Waals surface area contributed by atoms with Crippen molar-refractivity contribution >= 4 is 38.8 Å². The third-order valence-corrected chi connectivity index (χ3v) is 6.12. The van der Waals surface area contributed by atoms with Crippen molar-refractivity contribution in [3.63, 3.8) is 0 Å². The number of Topliss-reactive ketones (excluding diaryl/α,β-unsaturated/α-hetero) is 1. The number of aryl methyl sites for hydroxylation is 2. The standard InChI is InChI=1S/C19H21NO5S2/c1-27(23,24)20-15-9-7-13(8-10-15)16(21)12-25-19(22)18-11-14-5-3-2-4-6-17(14)26-18/h7-11,20H,2-6,12H2,1H3. The van der Waals surface area contributed by atoms with Gasteiger partial charge < -0.3 is 4.74 Å². The number of rotatable bonds is 6. The van der Waals surface area contributed by atoms with E-state index in [4.69, 9.17) is 4.74 Å². The van der Waals surface area contributed by atoms with Crippen LogP contribution in [0.5, 0.6) is 0 Å². The zero-order valence-electron chi connectivity index (χ0n) is 15.0. The van der Waals surface area contributed by atoms with Crippen molar-refractivity contribution in [2.24, 2.45) is 0 Å². The Bertz CT molecular complexity index is 921. The second-order valence-electron chi connectivity index (χ2n) is 6.57. The van der Waals surface area contributed by atoms with Gasteiger partial charge in [0.2, 0.25) is 10.0 Å². The number of fused-ring (bicyclic) bond motifs is 1. The van der Waals surface area contributed by atoms with Crippen molar-refractivity contribution < 1.29 is 22.7 Å². The minimum absolute atomic E-state index is 0.340. The number of hydrogen-bond acceptors (Lipinski definition) is 6. The molecule has 0 radical (unpaired) electrons. The van der Waals surface area contributed by atoms with E-state index in [1.54, 1.807) is 0 Å². The molecule has 0 saturated heterocycles. The van der Waals surface area contributed by atoms with Gasteiger partial charge in [0, 0.05) is 16.1 Å². The predicted octanol–water partition coefficient (Wildman–Crippen LogP) is 3.43. The summed E-state index contributed by atoms with van der Waals surface area (Å²) < 4.78 is 29.9. The average Bonchev–Trinajstić information content (AvgIpc) is 2.89. The van der Waals surface area contributed by atoms with E-state index in [1.165, 1.54) is 52.5 Å². The molecule has 0 aliphatic heterocycles. The van der Waals surface area contributed by atoms with Gasteiger partial charge in [0.05, 0.1) is 6.26 Å². The fraction of sp³-hybridized carbons (Fsp3) is 0.368. The van der Waals surface area contributed by atoms with Gasteiger partial charge in [-0.3, -0.25) is 9.52 Å². The average molecular weight is 408 g/mol. The van der Waals surface area contributed by atoms with Gasteiger partial charge in [-0.15, -0.1) is 11.3 Å². The van der Waals surface area contributed by atoms with Crippen molar-refractivity contribution in [2.75, 3.05) is 17.6 Å². The number of carbonyl (C=O) groups excluding carboxylic acids is 2. The van der Waals surface area contributed by atoms with E-state index < -0.39 is 16.0 Å². The summed E-state index contributed by atoms with van der Waals surface area (Å²) in [6.07, 6.45) is 6.54. The molecule has 0 fully saturated rings. The van der Waals surface area contributed by atoms with E-state index in [2.05, 4.69) is 4.72 Å². The molecule has 1 aliphatic rings. The number of carbonyl (C=O) groups is 2. The van der Waals surface area contributed by atoms with Crippen molar-refractivity contribution in [3.8, 4) is 0 Å². The quantitative estimate of drug-likeness (QED) is 0.450. The van der Waals surface area contributed by atoms with Gasteiger partial charge in [-0.1, -0.05) is 6.42 Å². The summed E-state index contributed by atoms with van der Waals surface area (Å²) >= 11 is 1.46. The van der Waals surface area contributed by atoms with E-state index in [0.29, 0.717) is 16.1 Å². The Morgan fingerprint density at radius 1 is 1.11 bits per heavy atom. The number of anilines is 1. The minimum Gasteiger partial charge on any atom is -0.453 e. The topological polar surface area (TPSA) is 89.5 Å². The molecule has 2 aromatic rings. The molecule has 8 heteroatoms. The SMILES string of the molecule is CS(=O)(=O)Nc1ccc(C(=O)COC(=O)c2cc3c(s2)CCCCC3)cc1. The van der Waals surface area contributed by atoms with Crippen LogP contribution < -0.4 is 4.72 Å². The van der Waals surface area contributed by atoms with Gasteiger partial charge >= 0.3 is 5.97 Å². The van der Waals surface area contributed by atoms with Crippen LogP contribution in [-0.2, 0) is 27.6 Å². The number of ether oxygens (including phenoxy) is 1. The smallest absolute Gasteiger partial charge is 0.348 e. The Morgan fingerprint density at radius 2 is 1.81 bits per heavy atom. The first-order valence-electron chi connectivity index (χ1n) is 8.71. The maximum absolute atomic E-state index is 12.3. The molecule has 3 rings (SSSR count). The molecule has 0 saturated carbocycles. The molecule has 0 unspecified atom stereocenters. The van der Waals surface area contributed by atoms with Gasteiger partial charge in [-0.25, -0.2) is 13.2 Å². The van der Waals surface area contributed by atoms with Gasteiger partial charge in [0.1, 0.15) is 4.88 Å². The summed E-state index contributed by atoms with van der Waals surface area (Å²) in [5.41, 5.74) is 1.94. The number of sulfonamides is 1. The summed E-state index contributed by atoms with van der Waals surface area (Å²) in [5.74, 6) is -0.816. The largest absolute Gasteiger partial charge is 0.453 e. The molecule has 1 aromatic heterocycles. The Balaban J connectivity index is 1.58. The second-order valence-corrected chi connectivity index (χ2v) is 9.46. The number of thiophene rings is 1.